The van der Waals surface area contributed by atoms with E-state index in [0.717, 1.165) is 12.1 Å². The van der Waals surface area contributed by atoms with Crippen LogP contribution < -0.4 is 5.32 Å². The number of halogens is 3. The maximum Gasteiger partial charge on any atom is 0.255 e. The lowest BCUT2D eigenvalue weighted by Gasteiger charge is -2.22. The highest BCUT2D eigenvalue weighted by atomic mass is 35.5. The summed E-state index contributed by atoms with van der Waals surface area (Å²) < 4.78 is 25.2. The average Bonchev–Trinajstić information content (AvgIpc) is 3.23. The summed E-state index contributed by atoms with van der Waals surface area (Å²) in [5, 5.41) is 3.05. The fourth-order valence-electron chi connectivity index (χ4n) is 2.04. The first-order valence-electron chi connectivity index (χ1n) is 6.95. The summed E-state index contributed by atoms with van der Waals surface area (Å²) in [5.41, 5.74) is 0.865. The van der Waals surface area contributed by atoms with Gasteiger partial charge in [0.1, 0.15) is 0 Å². The molecule has 0 bridgehead atoms. The molecule has 0 radical (unpaired) electrons. The van der Waals surface area contributed by atoms with Crippen molar-refractivity contribution in [3.63, 3.8) is 0 Å². The van der Waals surface area contributed by atoms with Crippen molar-refractivity contribution in [1.82, 2.24) is 10.2 Å². The number of hydrogen-bond donors (Lipinski definition) is 1. The van der Waals surface area contributed by atoms with Crippen LogP contribution in [0.1, 0.15) is 18.4 Å². The Morgan fingerprint density at radius 1 is 1.29 bits per heavy atom. The second-order valence-electron chi connectivity index (χ2n) is 5.23. The Hall–Kier alpha value is -1.20. The van der Waals surface area contributed by atoms with E-state index in [0.29, 0.717) is 5.92 Å². The lowest BCUT2D eigenvalue weighted by atomic mass is 10.2. The van der Waals surface area contributed by atoms with Gasteiger partial charge in [0, 0.05) is 6.54 Å². The Balaban J connectivity index is 0.00000220. The molecule has 3 nitrogen and oxygen atoms in total. The molecule has 1 amide bonds. The number of nitrogens with zero attached hydrogens (tertiary/aromatic N) is 1. The minimum absolute atomic E-state index is 0. The molecule has 2 rings (SSSR count). The van der Waals surface area contributed by atoms with E-state index in [9.17, 15) is 13.6 Å². The van der Waals surface area contributed by atoms with Gasteiger partial charge in [-0.15, -0.1) is 12.4 Å². The molecule has 0 unspecified atom stereocenters. The topological polar surface area (TPSA) is 32.3 Å². The molecular weight excluding hydrogens is 298 g/mol. The highest BCUT2D eigenvalue weighted by Crippen LogP contribution is 2.27. The average molecular weight is 319 g/mol. The number of carbonyl (C=O) groups is 1. The third-order valence-corrected chi connectivity index (χ3v) is 3.33. The van der Waals surface area contributed by atoms with Crippen molar-refractivity contribution in [3.8, 4) is 0 Å². The monoisotopic (exact) mass is 318 g/mol. The number of hydrogen-bond acceptors (Lipinski definition) is 2. The van der Waals surface area contributed by atoms with Crippen molar-refractivity contribution < 1.29 is 13.6 Å². The summed E-state index contributed by atoms with van der Waals surface area (Å²) in [6.07, 6.45) is -0.108. The van der Waals surface area contributed by atoms with Gasteiger partial charge in [0.25, 0.3) is 6.43 Å². The van der Waals surface area contributed by atoms with Crippen LogP contribution in [0.15, 0.2) is 30.3 Å². The fraction of sp³-hybridized carbons (Fsp3) is 0.533. The molecule has 0 heterocycles. The summed E-state index contributed by atoms with van der Waals surface area (Å²) in [4.78, 5) is 13.2. The van der Waals surface area contributed by atoms with Gasteiger partial charge in [0.05, 0.1) is 13.1 Å². The third kappa shape index (κ3) is 6.87. The van der Waals surface area contributed by atoms with Crippen molar-refractivity contribution in [1.29, 1.82) is 0 Å². The Kier molecular flexibility index (Phi) is 7.61. The Bertz CT molecular complexity index is 427. The molecule has 1 aliphatic carbocycles. The van der Waals surface area contributed by atoms with Gasteiger partial charge < -0.3 is 10.2 Å². The molecule has 118 valence electrons. The second kappa shape index (κ2) is 8.95. The zero-order valence-electron chi connectivity index (χ0n) is 11.8. The third-order valence-electron chi connectivity index (χ3n) is 3.33. The molecule has 1 aromatic rings. The Morgan fingerprint density at radius 3 is 2.52 bits per heavy atom. The molecule has 1 fully saturated rings. The first-order chi connectivity index (χ1) is 9.65. The predicted molar refractivity (Wildman–Crippen MR) is 80.7 cm³/mol. The lowest BCUT2D eigenvalue weighted by Crippen LogP contribution is -2.40. The maximum absolute atomic E-state index is 12.6. The summed E-state index contributed by atoms with van der Waals surface area (Å²) in [6.45, 7) is 0.656. The standard InChI is InChI=1S/C15H20F2N2O.ClH/c16-14(17)11-19(10-13-4-2-1-3-5-13)15(20)9-18-8-12-6-7-12;/h1-5,12,14,18H,6-11H2;1H. The van der Waals surface area contributed by atoms with E-state index in [4.69, 9.17) is 0 Å². The zero-order chi connectivity index (χ0) is 14.4. The first kappa shape index (κ1) is 17.9. The number of carbonyl (C=O) groups excluding carboxylic acids is 1. The molecule has 0 atom stereocenters. The SMILES string of the molecule is Cl.O=C(CNCC1CC1)N(Cc1ccccc1)CC(F)F. The summed E-state index contributed by atoms with van der Waals surface area (Å²) in [6, 6.07) is 9.21. The largest absolute Gasteiger partial charge is 0.332 e. The molecule has 21 heavy (non-hydrogen) atoms. The van der Waals surface area contributed by atoms with E-state index in [1.54, 1.807) is 0 Å². The van der Waals surface area contributed by atoms with Crippen molar-refractivity contribution in [2.75, 3.05) is 19.6 Å². The summed E-state index contributed by atoms with van der Waals surface area (Å²) in [5.74, 6) is 0.398. The first-order valence-corrected chi connectivity index (χ1v) is 6.95. The second-order valence-corrected chi connectivity index (χ2v) is 5.23. The molecule has 6 heteroatoms. The van der Waals surface area contributed by atoms with Crippen LogP contribution in [-0.4, -0.2) is 36.9 Å². The zero-order valence-corrected chi connectivity index (χ0v) is 12.6. The molecule has 0 aromatic heterocycles. The van der Waals surface area contributed by atoms with Crippen LogP contribution in [0.2, 0.25) is 0 Å². The van der Waals surface area contributed by atoms with Crippen LogP contribution in [0.3, 0.4) is 0 Å². The predicted octanol–water partition coefficient (Wildman–Crippen LogP) is 2.70. The van der Waals surface area contributed by atoms with Gasteiger partial charge in [-0.25, -0.2) is 8.78 Å². The fourth-order valence-corrected chi connectivity index (χ4v) is 2.04. The molecule has 1 N–H and O–H groups in total. The number of alkyl halides is 2. The van der Waals surface area contributed by atoms with Crippen LogP contribution in [0, 0.1) is 5.92 Å². The van der Waals surface area contributed by atoms with E-state index >= 15 is 0 Å². The van der Waals surface area contributed by atoms with E-state index in [1.807, 2.05) is 30.3 Å². The molecule has 0 spiro atoms. The number of rotatable bonds is 8. The van der Waals surface area contributed by atoms with Crippen LogP contribution >= 0.6 is 12.4 Å². The van der Waals surface area contributed by atoms with Gasteiger partial charge in [-0.05, 0) is 30.9 Å². The van der Waals surface area contributed by atoms with Crippen molar-refractivity contribution >= 4 is 18.3 Å². The van der Waals surface area contributed by atoms with Gasteiger partial charge in [-0.2, -0.15) is 0 Å². The molecule has 0 aliphatic heterocycles. The van der Waals surface area contributed by atoms with Gasteiger partial charge >= 0.3 is 0 Å². The Morgan fingerprint density at radius 2 is 1.95 bits per heavy atom. The Labute approximate surface area is 130 Å². The van der Waals surface area contributed by atoms with Gasteiger partial charge in [0.15, 0.2) is 0 Å². The number of amides is 1. The van der Waals surface area contributed by atoms with E-state index in [2.05, 4.69) is 5.32 Å². The molecule has 1 aliphatic rings. The van der Waals surface area contributed by atoms with Crippen molar-refractivity contribution in [2.45, 2.75) is 25.8 Å². The summed E-state index contributed by atoms with van der Waals surface area (Å²) >= 11 is 0. The number of nitrogens with one attached hydrogen (secondary N) is 1. The smallest absolute Gasteiger partial charge is 0.255 e. The summed E-state index contributed by atoms with van der Waals surface area (Å²) in [7, 11) is 0. The molecule has 1 saturated carbocycles. The maximum atomic E-state index is 12.6. The van der Waals surface area contributed by atoms with Gasteiger partial charge in [0.2, 0.25) is 5.91 Å². The lowest BCUT2D eigenvalue weighted by molar-refractivity contribution is -0.132. The normalized spacial score (nSPS) is 13.9. The molecule has 0 saturated heterocycles. The van der Waals surface area contributed by atoms with Crippen molar-refractivity contribution in [2.24, 2.45) is 5.92 Å². The van der Waals surface area contributed by atoms with Crippen molar-refractivity contribution in [3.05, 3.63) is 35.9 Å². The van der Waals surface area contributed by atoms with E-state index in [-0.39, 0.29) is 31.4 Å². The van der Waals surface area contributed by atoms with E-state index < -0.39 is 13.0 Å². The van der Waals surface area contributed by atoms with Crippen LogP contribution in [0.5, 0.6) is 0 Å². The molecule has 1 aromatic carbocycles. The highest BCUT2D eigenvalue weighted by molar-refractivity contribution is 5.85. The minimum Gasteiger partial charge on any atom is -0.332 e. The highest BCUT2D eigenvalue weighted by Gasteiger charge is 2.22. The van der Waals surface area contributed by atoms with Gasteiger partial charge in [-0.1, -0.05) is 30.3 Å². The van der Waals surface area contributed by atoms with Crippen LogP contribution in [-0.2, 0) is 11.3 Å². The quantitative estimate of drug-likeness (QED) is 0.799. The van der Waals surface area contributed by atoms with Crippen LogP contribution in [0.25, 0.3) is 0 Å². The molecular formula is C15H21ClF2N2O. The number of benzene rings is 1. The van der Waals surface area contributed by atoms with E-state index in [1.165, 1.54) is 17.7 Å². The van der Waals surface area contributed by atoms with Crippen LogP contribution in [0.4, 0.5) is 8.78 Å². The van der Waals surface area contributed by atoms with Gasteiger partial charge in [-0.3, -0.25) is 4.79 Å². The minimum atomic E-state index is -2.51.